The molecule has 4 aromatic rings. The molecule has 2 fully saturated rings. The molecule has 7 rings (SSSR count). The monoisotopic (exact) mass is 930 g/mol. The first-order valence-corrected chi connectivity index (χ1v) is 24.2. The van der Waals surface area contributed by atoms with Gasteiger partial charge in [-0.2, -0.15) is 0 Å². The van der Waals surface area contributed by atoms with Gasteiger partial charge in [-0.3, -0.25) is 34.1 Å². The topological polar surface area (TPSA) is 148 Å². The molecule has 0 saturated carbocycles. The van der Waals surface area contributed by atoms with Gasteiger partial charge in [0, 0.05) is 67.8 Å². The average molecular weight is 930 g/mol. The maximum absolute atomic E-state index is 14.7. The first kappa shape index (κ1) is 50.3. The second-order valence-corrected chi connectivity index (χ2v) is 20.6. The largest absolute Gasteiger partial charge is 0.464 e. The van der Waals surface area contributed by atoms with Crippen LogP contribution in [0, 0.1) is 29.1 Å². The number of ether oxygens (including phenoxy) is 3. The number of rotatable bonds is 11. The lowest BCUT2D eigenvalue weighted by molar-refractivity contribution is -0.155. The number of likely N-dealkylation sites (tertiary alicyclic amines) is 1. The van der Waals surface area contributed by atoms with Crippen molar-refractivity contribution in [2.75, 3.05) is 54.1 Å². The van der Waals surface area contributed by atoms with Crippen LogP contribution in [0.15, 0.2) is 60.8 Å². The van der Waals surface area contributed by atoms with Crippen LogP contribution in [-0.2, 0) is 52.8 Å². The Morgan fingerprint density at radius 2 is 1.81 bits per heavy atom. The summed E-state index contributed by atoms with van der Waals surface area (Å²) < 4.78 is 20.5. The molecule has 2 saturated heterocycles. The molecule has 68 heavy (non-hydrogen) atoms. The number of nitrogens with zero attached hydrogens (tertiary/aromatic N) is 5. The minimum absolute atomic E-state index is 0.114. The molecule has 2 N–H and O–H groups in total. The van der Waals surface area contributed by atoms with Gasteiger partial charge in [0.05, 0.1) is 48.3 Å². The van der Waals surface area contributed by atoms with Crippen LogP contribution < -0.4 is 10.7 Å². The Labute approximate surface area is 402 Å². The molecule has 5 heterocycles. The fourth-order valence-electron chi connectivity index (χ4n) is 9.18. The van der Waals surface area contributed by atoms with Crippen LogP contribution in [0.3, 0.4) is 0 Å². The Morgan fingerprint density at radius 3 is 2.51 bits per heavy atom. The molecule has 2 aromatic carbocycles. The van der Waals surface area contributed by atoms with Gasteiger partial charge in [-0.1, -0.05) is 63.9 Å². The lowest BCUT2D eigenvalue weighted by atomic mass is 9.84. The highest BCUT2D eigenvalue weighted by molar-refractivity contribution is 5.96. The fraction of sp³-hybridized carbons (Fsp3) is 0.537. The van der Waals surface area contributed by atoms with E-state index in [9.17, 15) is 19.2 Å². The van der Waals surface area contributed by atoms with Gasteiger partial charge in [0.25, 0.3) is 11.8 Å². The molecular formula is C54H71N7O7. The summed E-state index contributed by atoms with van der Waals surface area (Å²) in [5, 5.41) is 5.70. The normalized spacial score (nSPS) is 20.0. The number of pyridine rings is 1. The minimum atomic E-state index is -0.959. The van der Waals surface area contributed by atoms with E-state index in [2.05, 4.69) is 84.3 Å². The number of benzene rings is 2. The molecule has 3 amide bonds. The molecule has 3 aliphatic rings. The lowest BCUT2D eigenvalue weighted by Crippen LogP contribution is -2.61. The highest BCUT2D eigenvalue weighted by atomic mass is 16.5. The number of carbonyl (C=O) groups excluding carboxylic acids is 4. The summed E-state index contributed by atoms with van der Waals surface area (Å²) >= 11 is 0. The first-order chi connectivity index (χ1) is 32.3. The number of hydrogen-bond donors (Lipinski definition) is 2. The van der Waals surface area contributed by atoms with Crippen molar-refractivity contribution in [2.24, 2.45) is 17.3 Å². The number of esters is 1. The van der Waals surface area contributed by atoms with Gasteiger partial charge in [-0.15, -0.1) is 0 Å². The van der Waals surface area contributed by atoms with E-state index in [0.29, 0.717) is 45.4 Å². The standard InChI is InChI=1S/C54H71N7O7/c1-12-60-46-21-20-38-28-41(46)42(49(60)40-18-14-24-55-48(40)35(4)66-11)29-53(5,6)33-68-52(65)44-19-15-25-61(57-44)51(64)45(27-36-16-13-17-37(38)26-36)56-50(63)43(34(2)3)32-67-39-30-59(31-39)47(62)22-23-54(7,8)58(9)10/h13-14,16-18,20-21,24,26,28,34-35,39,43-45,57H,12,15,19,25,27,29-33H2,1-11H3,(H,56,63)/t35-,43-,44-,45-/m0/s1. The number of amides is 3. The van der Waals surface area contributed by atoms with Gasteiger partial charge >= 0.3 is 5.97 Å². The Kier molecular flexibility index (Phi) is 15.5. The summed E-state index contributed by atoms with van der Waals surface area (Å²) in [6.07, 6.45) is 3.22. The van der Waals surface area contributed by atoms with Crippen LogP contribution in [-0.4, -0.2) is 126 Å². The molecular weight excluding hydrogens is 859 g/mol. The van der Waals surface area contributed by atoms with Crippen LogP contribution in [0.2, 0.25) is 0 Å². The van der Waals surface area contributed by atoms with E-state index in [-0.39, 0.29) is 55.5 Å². The maximum atomic E-state index is 14.7. The lowest BCUT2D eigenvalue weighted by Gasteiger charge is -2.39. The van der Waals surface area contributed by atoms with E-state index in [0.717, 1.165) is 50.1 Å². The summed E-state index contributed by atoms with van der Waals surface area (Å²) in [5.41, 5.74) is 10.2. The zero-order chi connectivity index (χ0) is 49.1. The van der Waals surface area contributed by atoms with Gasteiger partial charge in [0.2, 0.25) is 5.91 Å². The number of fused-ring (bicyclic) bond motifs is 6. The summed E-state index contributed by atoms with van der Waals surface area (Å²) in [5.74, 6) is 3.81. The van der Waals surface area contributed by atoms with Gasteiger partial charge in [0.15, 0.2) is 0 Å². The Bertz CT molecular complexity index is 2560. The van der Waals surface area contributed by atoms with Crippen molar-refractivity contribution >= 4 is 34.6 Å². The summed E-state index contributed by atoms with van der Waals surface area (Å²) in [6, 6.07) is 17.1. The predicted octanol–water partition coefficient (Wildman–Crippen LogP) is 6.59. The molecule has 0 aliphatic carbocycles. The minimum Gasteiger partial charge on any atom is -0.464 e. The van der Waals surface area contributed by atoms with Crippen molar-refractivity contribution < 1.29 is 33.4 Å². The summed E-state index contributed by atoms with van der Waals surface area (Å²) in [4.78, 5) is 64.2. The van der Waals surface area contributed by atoms with Crippen molar-refractivity contribution in [3.8, 4) is 34.2 Å². The molecule has 364 valence electrons. The number of aromatic nitrogens is 2. The molecule has 6 bridgehead atoms. The van der Waals surface area contributed by atoms with Crippen molar-refractivity contribution in [1.29, 1.82) is 0 Å². The maximum Gasteiger partial charge on any atom is 0.324 e. The zero-order valence-corrected chi connectivity index (χ0v) is 41.9. The van der Waals surface area contributed by atoms with E-state index in [1.54, 1.807) is 18.2 Å². The zero-order valence-electron chi connectivity index (χ0n) is 41.9. The van der Waals surface area contributed by atoms with Crippen LogP contribution in [0.4, 0.5) is 0 Å². The van der Waals surface area contributed by atoms with Crippen molar-refractivity contribution in [2.45, 2.75) is 117 Å². The molecule has 3 aliphatic heterocycles. The number of methoxy groups -OCH3 is 1. The van der Waals surface area contributed by atoms with Crippen LogP contribution in [0.1, 0.15) is 91.2 Å². The van der Waals surface area contributed by atoms with E-state index < -0.39 is 34.9 Å². The number of cyclic esters (lactones) is 1. The molecule has 2 aromatic heterocycles. The van der Waals surface area contributed by atoms with Crippen molar-refractivity contribution in [3.05, 3.63) is 77.6 Å². The quantitative estimate of drug-likeness (QED) is 0.125. The molecule has 4 atom stereocenters. The average Bonchev–Trinajstić information content (AvgIpc) is 3.60. The molecule has 0 radical (unpaired) electrons. The van der Waals surface area contributed by atoms with E-state index in [1.165, 1.54) is 5.01 Å². The Morgan fingerprint density at radius 1 is 1.06 bits per heavy atom. The third-order valence-corrected chi connectivity index (χ3v) is 14.0. The number of hydrazine groups is 1. The van der Waals surface area contributed by atoms with E-state index in [1.807, 2.05) is 71.8 Å². The number of nitrogens with one attached hydrogen (secondary N) is 2. The predicted molar refractivity (Wildman–Crippen MR) is 264 cm³/mol. The number of hydrogen-bond acceptors (Lipinski definition) is 10. The van der Waals surface area contributed by atoms with Crippen LogP contribution in [0.25, 0.3) is 33.3 Å². The second-order valence-electron chi connectivity index (χ2n) is 20.6. The molecule has 14 nitrogen and oxygen atoms in total. The Hall–Kier alpha value is -5.59. The SMILES string of the molecule is CCn1c(-c2cccnc2[C@H](C)OC)c2c3cc(ccc31)-c1cccc(c1)C[C@H](NC(=O)[C@@H](COC1CN(C(=O)C#CC(C)(C)N(C)C)C1)C(C)C)C(=O)N1CCC[C@H](N1)C(=O)OCC(C)(C)C2. The van der Waals surface area contributed by atoms with Crippen LogP contribution >= 0.6 is 0 Å². The van der Waals surface area contributed by atoms with E-state index >= 15 is 0 Å². The third-order valence-electron chi connectivity index (χ3n) is 14.0. The van der Waals surface area contributed by atoms with Gasteiger partial charge in [0.1, 0.15) is 12.1 Å². The molecule has 0 unspecified atom stereocenters. The van der Waals surface area contributed by atoms with Gasteiger partial charge in [-0.05, 0) is 119 Å². The highest BCUT2D eigenvalue weighted by Gasteiger charge is 2.38. The van der Waals surface area contributed by atoms with Gasteiger partial charge < -0.3 is 29.0 Å². The first-order valence-electron chi connectivity index (χ1n) is 24.2. The van der Waals surface area contributed by atoms with Gasteiger partial charge in [-0.25, -0.2) is 5.43 Å². The van der Waals surface area contributed by atoms with Crippen molar-refractivity contribution in [3.63, 3.8) is 0 Å². The third kappa shape index (κ3) is 11.1. The smallest absolute Gasteiger partial charge is 0.324 e. The van der Waals surface area contributed by atoms with Crippen LogP contribution in [0.5, 0.6) is 0 Å². The molecule has 14 heteroatoms. The second kappa shape index (κ2) is 21.0. The highest BCUT2D eigenvalue weighted by Crippen LogP contribution is 2.42. The number of aryl methyl sites for hydroxylation is 1. The summed E-state index contributed by atoms with van der Waals surface area (Å²) in [7, 11) is 5.54. The Balaban J connectivity index is 1.20. The number of carbonyl (C=O) groups is 4. The van der Waals surface area contributed by atoms with Crippen molar-refractivity contribution in [1.82, 2.24) is 35.1 Å². The molecule has 0 spiro atoms. The summed E-state index contributed by atoms with van der Waals surface area (Å²) in [6.45, 7) is 18.4. The fourth-order valence-corrected chi connectivity index (χ4v) is 9.18. The van der Waals surface area contributed by atoms with E-state index in [4.69, 9.17) is 19.2 Å².